The highest BCUT2D eigenvalue weighted by Crippen LogP contribution is 2.20. The number of alkyl halides is 1. The maximum absolute atomic E-state index is 5.77. The van der Waals surface area contributed by atoms with Gasteiger partial charge in [-0.3, -0.25) is 4.68 Å². The number of ether oxygens (including phenoxy) is 1. The van der Waals surface area contributed by atoms with Crippen LogP contribution >= 0.6 is 11.6 Å². The van der Waals surface area contributed by atoms with E-state index in [1.54, 1.807) is 10.9 Å². The second-order valence-electron chi connectivity index (χ2n) is 3.66. The fraction of sp³-hybridized carbons (Fsp3) is 0.333. The smallest absolute Gasteiger partial charge is 0.219 e. The zero-order valence-electron chi connectivity index (χ0n) is 9.85. The van der Waals surface area contributed by atoms with Crippen molar-refractivity contribution >= 4 is 11.6 Å². The van der Waals surface area contributed by atoms with Gasteiger partial charge >= 0.3 is 0 Å². The molecule has 0 radical (unpaired) electrons. The lowest BCUT2D eigenvalue weighted by molar-refractivity contribution is 0.460. The first-order valence-electron chi connectivity index (χ1n) is 5.45. The zero-order chi connectivity index (χ0) is 12.3. The van der Waals surface area contributed by atoms with Gasteiger partial charge in [-0.15, -0.1) is 11.6 Å². The zero-order valence-corrected chi connectivity index (χ0v) is 10.6. The second kappa shape index (κ2) is 5.19. The van der Waals surface area contributed by atoms with Crippen LogP contribution in [0.5, 0.6) is 11.6 Å². The molecule has 2 heterocycles. The Labute approximate surface area is 105 Å². The lowest BCUT2D eigenvalue weighted by Crippen LogP contribution is -1.94. The largest absolute Gasteiger partial charge is 0.436 e. The van der Waals surface area contributed by atoms with E-state index in [1.165, 1.54) is 0 Å². The number of aryl methyl sites for hydroxylation is 2. The van der Waals surface area contributed by atoms with Crippen LogP contribution < -0.4 is 4.74 Å². The van der Waals surface area contributed by atoms with Crippen LogP contribution in [0.1, 0.15) is 18.2 Å². The van der Waals surface area contributed by atoms with Gasteiger partial charge in [0.05, 0.1) is 12.4 Å². The van der Waals surface area contributed by atoms with E-state index in [0.29, 0.717) is 17.5 Å². The summed E-state index contributed by atoms with van der Waals surface area (Å²) in [4.78, 5) is 4.33. The molecule has 0 spiro atoms. The number of aromatic nitrogens is 3. The number of nitrogens with zero attached hydrogens (tertiary/aromatic N) is 3. The fourth-order valence-electron chi connectivity index (χ4n) is 1.46. The molecule has 0 N–H and O–H groups in total. The van der Waals surface area contributed by atoms with Gasteiger partial charge in [-0.2, -0.15) is 5.10 Å². The van der Waals surface area contributed by atoms with Gasteiger partial charge in [-0.25, -0.2) is 4.98 Å². The molecule has 2 rings (SSSR count). The molecule has 90 valence electrons. The van der Waals surface area contributed by atoms with Crippen molar-refractivity contribution in [3.63, 3.8) is 0 Å². The van der Waals surface area contributed by atoms with E-state index in [2.05, 4.69) is 10.1 Å². The monoisotopic (exact) mass is 251 g/mol. The molecule has 0 saturated heterocycles. The van der Waals surface area contributed by atoms with Crippen LogP contribution in [0.3, 0.4) is 0 Å². The Balaban J connectivity index is 2.15. The van der Waals surface area contributed by atoms with Gasteiger partial charge in [0.1, 0.15) is 0 Å². The maximum Gasteiger partial charge on any atom is 0.219 e. The third kappa shape index (κ3) is 2.77. The third-order valence-corrected chi connectivity index (χ3v) is 2.76. The number of rotatable bonds is 4. The number of halogens is 1. The molecule has 2 aromatic heterocycles. The fourth-order valence-corrected chi connectivity index (χ4v) is 1.74. The first-order chi connectivity index (χ1) is 8.22. The molecule has 2 aromatic rings. The number of hydrogen-bond acceptors (Lipinski definition) is 3. The summed E-state index contributed by atoms with van der Waals surface area (Å²) in [5, 5.41) is 4.13. The summed E-state index contributed by atoms with van der Waals surface area (Å²) < 4.78 is 7.40. The molecule has 0 amide bonds. The summed E-state index contributed by atoms with van der Waals surface area (Å²) in [6.07, 6.45) is 3.52. The summed E-state index contributed by atoms with van der Waals surface area (Å²) in [6.45, 7) is 4.76. The summed E-state index contributed by atoms with van der Waals surface area (Å²) >= 11 is 5.77. The first-order valence-corrected chi connectivity index (χ1v) is 5.99. The molecule has 4 nitrogen and oxygen atoms in total. The summed E-state index contributed by atoms with van der Waals surface area (Å²) in [5.74, 6) is 1.72. The van der Waals surface area contributed by atoms with Crippen LogP contribution in [0.2, 0.25) is 0 Å². The van der Waals surface area contributed by atoms with Crippen molar-refractivity contribution in [2.24, 2.45) is 0 Å². The van der Waals surface area contributed by atoms with Gasteiger partial charge in [0, 0.05) is 24.2 Å². The van der Waals surface area contributed by atoms with E-state index < -0.39 is 0 Å². The minimum atomic E-state index is 0.465. The van der Waals surface area contributed by atoms with E-state index in [0.717, 1.165) is 17.8 Å². The van der Waals surface area contributed by atoms with Crippen LogP contribution in [-0.4, -0.2) is 14.8 Å². The molecule has 5 heteroatoms. The van der Waals surface area contributed by atoms with Crippen LogP contribution in [0.15, 0.2) is 24.5 Å². The Hall–Kier alpha value is -1.55. The van der Waals surface area contributed by atoms with Crippen molar-refractivity contribution in [3.8, 4) is 11.6 Å². The molecular formula is C12H14ClN3O. The van der Waals surface area contributed by atoms with Crippen LogP contribution in [0.4, 0.5) is 0 Å². The number of hydrogen-bond donors (Lipinski definition) is 0. The lowest BCUT2D eigenvalue weighted by atomic mass is 10.2. The summed E-state index contributed by atoms with van der Waals surface area (Å²) in [5.41, 5.74) is 1.91. The quantitative estimate of drug-likeness (QED) is 0.784. The Kier molecular flexibility index (Phi) is 3.64. The lowest BCUT2D eigenvalue weighted by Gasteiger charge is -2.05. The van der Waals surface area contributed by atoms with E-state index >= 15 is 0 Å². The minimum absolute atomic E-state index is 0.465. The molecule has 17 heavy (non-hydrogen) atoms. The number of pyridine rings is 1. The predicted molar refractivity (Wildman–Crippen MR) is 66.5 cm³/mol. The molecule has 0 atom stereocenters. The third-order valence-electron chi connectivity index (χ3n) is 2.47. The SMILES string of the molecule is CCn1cc(Oc2ccc(CCl)c(C)n2)cn1. The highest BCUT2D eigenvalue weighted by molar-refractivity contribution is 6.17. The first kappa shape index (κ1) is 11.9. The van der Waals surface area contributed by atoms with E-state index in [-0.39, 0.29) is 0 Å². The predicted octanol–water partition coefficient (Wildman–Crippen LogP) is 3.14. The second-order valence-corrected chi connectivity index (χ2v) is 3.93. The van der Waals surface area contributed by atoms with Gasteiger partial charge in [0.15, 0.2) is 5.75 Å². The highest BCUT2D eigenvalue weighted by Gasteiger charge is 2.04. The molecule has 0 aromatic carbocycles. The van der Waals surface area contributed by atoms with Crippen molar-refractivity contribution in [2.45, 2.75) is 26.3 Å². The Morgan fingerprint density at radius 3 is 2.82 bits per heavy atom. The summed E-state index contributed by atoms with van der Waals surface area (Å²) in [6, 6.07) is 3.74. The average Bonchev–Trinajstić information content (AvgIpc) is 2.77. The molecular weight excluding hydrogens is 238 g/mol. The van der Waals surface area contributed by atoms with E-state index in [4.69, 9.17) is 16.3 Å². The van der Waals surface area contributed by atoms with Crippen molar-refractivity contribution in [3.05, 3.63) is 35.8 Å². The molecule has 0 fully saturated rings. The van der Waals surface area contributed by atoms with Crippen LogP contribution in [0.25, 0.3) is 0 Å². The van der Waals surface area contributed by atoms with Crippen LogP contribution in [0, 0.1) is 6.92 Å². The van der Waals surface area contributed by atoms with Crippen molar-refractivity contribution in [1.82, 2.24) is 14.8 Å². The maximum atomic E-state index is 5.77. The Morgan fingerprint density at radius 2 is 2.24 bits per heavy atom. The minimum Gasteiger partial charge on any atom is -0.436 e. The molecule has 0 saturated carbocycles. The molecule has 0 aliphatic heterocycles. The molecule has 0 bridgehead atoms. The normalized spacial score (nSPS) is 10.5. The van der Waals surface area contributed by atoms with Crippen molar-refractivity contribution in [1.29, 1.82) is 0 Å². The Morgan fingerprint density at radius 1 is 1.41 bits per heavy atom. The van der Waals surface area contributed by atoms with Gasteiger partial charge in [-0.1, -0.05) is 6.07 Å². The van der Waals surface area contributed by atoms with Crippen molar-refractivity contribution in [2.75, 3.05) is 0 Å². The van der Waals surface area contributed by atoms with Crippen LogP contribution in [-0.2, 0) is 12.4 Å². The standard InChI is InChI=1S/C12H14ClN3O/c1-3-16-8-11(7-14-16)17-12-5-4-10(6-13)9(2)15-12/h4-5,7-8H,3,6H2,1-2H3. The van der Waals surface area contributed by atoms with Gasteiger partial charge in [-0.05, 0) is 19.4 Å². The average molecular weight is 252 g/mol. The molecule has 0 aliphatic rings. The molecule has 0 unspecified atom stereocenters. The van der Waals surface area contributed by atoms with Gasteiger partial charge < -0.3 is 4.74 Å². The molecule has 0 aliphatic carbocycles. The van der Waals surface area contributed by atoms with E-state index in [1.807, 2.05) is 32.2 Å². The van der Waals surface area contributed by atoms with Crippen molar-refractivity contribution < 1.29 is 4.74 Å². The van der Waals surface area contributed by atoms with E-state index in [9.17, 15) is 0 Å². The summed E-state index contributed by atoms with van der Waals surface area (Å²) in [7, 11) is 0. The highest BCUT2D eigenvalue weighted by atomic mass is 35.5. The van der Waals surface area contributed by atoms with Gasteiger partial charge in [0.2, 0.25) is 5.88 Å². The van der Waals surface area contributed by atoms with Gasteiger partial charge in [0.25, 0.3) is 0 Å². The Bertz CT molecular complexity index is 510. The topological polar surface area (TPSA) is 39.9 Å².